The summed E-state index contributed by atoms with van der Waals surface area (Å²) >= 11 is 0.754. The van der Waals surface area contributed by atoms with Crippen molar-refractivity contribution in [1.82, 2.24) is 93.0 Å². The van der Waals surface area contributed by atoms with E-state index in [0.29, 0.717) is 64.2 Å². The second kappa shape index (κ2) is 50.3. The maximum atomic E-state index is 15.7. The Kier molecular flexibility index (Phi) is 39.7. The number of H-pyrrole nitrogens is 2. The average Bonchev–Trinajstić information content (AvgIpc) is 1.81. The number of guanidine groups is 1. The molecule has 43 nitrogen and oxygen atoms in total. The number of hydrogen-bond acceptors (Lipinski definition) is 23. The van der Waals surface area contributed by atoms with Crippen LogP contribution in [0.2, 0.25) is 0 Å². The monoisotopic (exact) mass is 1840 g/mol. The highest BCUT2D eigenvalue weighted by Crippen LogP contribution is 2.27. The Hall–Kier alpha value is -13.0. The predicted molar refractivity (Wildman–Crippen MR) is 480 cm³/mol. The maximum Gasteiger partial charge on any atom is 0.246 e. The van der Waals surface area contributed by atoms with Crippen LogP contribution < -0.4 is 75.7 Å². The van der Waals surface area contributed by atoms with Crippen LogP contribution in [-0.2, 0) is 101 Å². The van der Waals surface area contributed by atoms with Crippen LogP contribution in [0.3, 0.4) is 0 Å². The number of fused-ring (bicyclic) bond motifs is 4. The molecule has 17 amide bonds. The highest BCUT2D eigenvalue weighted by molar-refractivity contribution is 8.00. The lowest BCUT2D eigenvalue weighted by molar-refractivity contribution is -0.149. The quantitative estimate of drug-likeness (QED) is 0.0142. The van der Waals surface area contributed by atoms with Crippen LogP contribution in [-0.4, -0.2) is 325 Å². The molecular weight excluding hydrogens is 1720 g/mol. The van der Waals surface area contributed by atoms with E-state index in [1.165, 1.54) is 52.3 Å². The van der Waals surface area contributed by atoms with E-state index in [0.717, 1.165) is 36.3 Å². The number of aromatic hydroxyl groups is 1. The van der Waals surface area contributed by atoms with Crippen molar-refractivity contribution in [2.24, 2.45) is 17.2 Å². The molecular formula is C87H124N22O21S. The number of carbonyl (C=O) groups excluding carboxylic acids is 17. The van der Waals surface area contributed by atoms with Gasteiger partial charge in [0.05, 0.1) is 25.3 Å². The summed E-state index contributed by atoms with van der Waals surface area (Å²) < 4.78 is 0. The SMILES string of the molecule is CCCC[C@H]1C(=O)N(C)[C@@H](CCCC)C(=O)N[C@@H](CCCNC(=N)N)C(=O)N[C@H](C(=O)NCC(N)=O)CSCC(=O)N[C@@H](Cc2ccc(O)cc2)C(=O)N(C)[C@@H](C)C(=O)N[C@H](CC(N)=O)C(=O)N2CCC[C@H]2C(=O)N[C@@H](CCO)C(=O)N[C@@H](CCO)C(=O)N2CCC[C@H]2C(=O)N[C@@H](Cc2c[nH]c3ccccc23)C(=O)N[C@@H](CO)C(=O)N[C@@H](Cc2c[nH]c3ccccc23)C(=O)N1C. The molecule has 0 saturated carbocycles. The highest BCUT2D eigenvalue weighted by Gasteiger charge is 2.45. The van der Waals surface area contributed by atoms with Crippen LogP contribution in [0.15, 0.2) is 85.2 Å². The van der Waals surface area contributed by atoms with E-state index < -0.39 is 248 Å². The van der Waals surface area contributed by atoms with E-state index in [4.69, 9.17) is 22.6 Å². The molecule has 3 aliphatic heterocycles. The van der Waals surface area contributed by atoms with Gasteiger partial charge in [-0.05, 0) is 112 Å². The predicted octanol–water partition coefficient (Wildman–Crippen LogP) is -4.15. The molecule has 3 aromatic carbocycles. The summed E-state index contributed by atoms with van der Waals surface area (Å²) in [7, 11) is 3.88. The van der Waals surface area contributed by atoms with E-state index in [1.807, 2.05) is 13.8 Å². The van der Waals surface area contributed by atoms with Gasteiger partial charge >= 0.3 is 0 Å². The van der Waals surface area contributed by atoms with Gasteiger partial charge in [0.1, 0.15) is 90.3 Å². The van der Waals surface area contributed by atoms with E-state index in [9.17, 15) is 73.2 Å². The zero-order valence-corrected chi connectivity index (χ0v) is 75.2. The number of thioether (sulfide) groups is 1. The fourth-order valence-corrected chi connectivity index (χ4v) is 16.9. The zero-order chi connectivity index (χ0) is 95.9. The molecule has 24 N–H and O–H groups in total. The number of benzene rings is 3. The normalized spacial score (nSPS) is 24.5. The van der Waals surface area contributed by atoms with Crippen LogP contribution in [0.4, 0.5) is 0 Å². The molecule has 14 atom stereocenters. The van der Waals surface area contributed by atoms with Crippen LogP contribution >= 0.6 is 11.8 Å². The number of nitrogens with one attached hydrogen (secondary N) is 14. The number of phenols is 1. The van der Waals surface area contributed by atoms with E-state index in [2.05, 4.69) is 68.5 Å². The molecule has 5 heterocycles. The van der Waals surface area contributed by atoms with Gasteiger partial charge in [0.25, 0.3) is 0 Å². The third kappa shape index (κ3) is 29.0. The summed E-state index contributed by atoms with van der Waals surface area (Å²) in [5.74, 6) is -17.9. The smallest absolute Gasteiger partial charge is 0.246 e. The summed E-state index contributed by atoms with van der Waals surface area (Å²) in [6.45, 7) is 1.41. The van der Waals surface area contributed by atoms with Gasteiger partial charge in [0.2, 0.25) is 100 Å². The Balaban J connectivity index is 1.18. The first-order valence-corrected chi connectivity index (χ1v) is 45.0. The molecule has 0 bridgehead atoms. The number of likely N-dealkylation sites (N-methyl/N-ethyl adjacent to an activating group) is 3. The maximum absolute atomic E-state index is 15.7. The standard InChI is InChI=1S/C87H124N22O21S/c1-7-9-23-66-79(123)97-57(22-15-33-92-87(90)91)75(119)104-65(74(118)95-44-71(89)115)46-131-47-72(116)96-61(38-49-27-29-52(113)30-28-49)82(126)105(4)48(3)73(117)101-63(41-70(88)114)85(129)109-35-17-25-67(109)80(124)98-58(31-36-110)76(120)99-59(32-37-111)84(128)108-34-16-26-68(108)81(125)100-60(39-50-42-93-55-20-13-11-18-53(50)55)77(121)103-64(45-112)78(122)102-62(40-51-43-94-56-21-14-12-19-54(51)56)83(127)107(6)69(24-10-8-2)86(130)106(66)5/h11-14,18-21,27-30,42-43,48,57-69,93-94,110-113H,7-10,15-17,22-26,31-41,44-47H2,1-6H3,(H2,88,114)(H2,89,115)(H,95,118)(H,96,116)(H,97,123)(H,98,124)(H,99,120)(H,100,125)(H,101,117)(H,102,122)(H,103,121)(H,104,119)(H4,90,91,92)/t48-,57-,58-,59-,60-,61-,62-,63+,64-,65-,66-,67-,68-,69-/m0/s1. The molecule has 131 heavy (non-hydrogen) atoms. The number of hydrogen-bond donors (Lipinski definition) is 21. The molecule has 44 heteroatoms. The van der Waals surface area contributed by atoms with Crippen molar-refractivity contribution < 1.29 is 102 Å². The summed E-state index contributed by atoms with van der Waals surface area (Å²) in [6.07, 6.45) is 2.35. The Bertz CT molecular complexity index is 4900. The van der Waals surface area contributed by atoms with Gasteiger partial charge in [-0.25, -0.2) is 0 Å². The Morgan fingerprint density at radius 2 is 0.954 bits per heavy atom. The molecule has 0 unspecified atom stereocenters. The summed E-state index contributed by atoms with van der Waals surface area (Å²) in [6, 6.07) is -2.27. The number of aliphatic hydroxyl groups excluding tert-OH is 3. The number of rotatable bonds is 26. The van der Waals surface area contributed by atoms with Gasteiger partial charge in [-0.3, -0.25) is 86.9 Å². The van der Waals surface area contributed by atoms with Gasteiger partial charge in [-0.1, -0.05) is 88.1 Å². The van der Waals surface area contributed by atoms with Crippen molar-refractivity contribution in [1.29, 1.82) is 5.41 Å². The van der Waals surface area contributed by atoms with E-state index >= 15 is 28.8 Å². The number of aromatic amines is 2. The van der Waals surface area contributed by atoms with Crippen molar-refractivity contribution in [3.8, 4) is 5.75 Å². The Morgan fingerprint density at radius 1 is 0.481 bits per heavy atom. The molecule has 5 aromatic rings. The van der Waals surface area contributed by atoms with Gasteiger partial charge in [0, 0.05) is 113 Å². The average molecular weight is 1850 g/mol. The van der Waals surface area contributed by atoms with Crippen molar-refractivity contribution in [3.05, 3.63) is 102 Å². The minimum absolute atomic E-state index is 0.00343. The summed E-state index contributed by atoms with van der Waals surface area (Å²) in [5, 5.41) is 79.7. The van der Waals surface area contributed by atoms with Crippen molar-refractivity contribution in [2.75, 3.05) is 78.6 Å². The molecule has 2 aromatic heterocycles. The summed E-state index contributed by atoms with van der Waals surface area (Å²) in [5.41, 5.74) is 19.4. The fourth-order valence-electron chi connectivity index (χ4n) is 16.1. The minimum Gasteiger partial charge on any atom is -0.508 e. The third-order valence-corrected chi connectivity index (χ3v) is 24.5. The topological polar surface area (TPSA) is 653 Å². The molecule has 714 valence electrons. The molecule has 0 aliphatic carbocycles. The van der Waals surface area contributed by atoms with Crippen LogP contribution in [0.1, 0.15) is 134 Å². The first-order chi connectivity index (χ1) is 62.5. The van der Waals surface area contributed by atoms with Gasteiger partial charge in [-0.15, -0.1) is 11.8 Å². The van der Waals surface area contributed by atoms with E-state index in [-0.39, 0.29) is 96.0 Å². The third-order valence-electron chi connectivity index (χ3n) is 23.4. The van der Waals surface area contributed by atoms with Crippen LogP contribution in [0.5, 0.6) is 5.75 Å². The Labute approximate surface area is 761 Å². The van der Waals surface area contributed by atoms with Crippen molar-refractivity contribution >= 4 is 140 Å². The molecule has 8 rings (SSSR count). The van der Waals surface area contributed by atoms with Gasteiger partial charge < -0.3 is 131 Å². The number of carbonyl (C=O) groups is 17. The number of nitrogens with zero attached hydrogens (tertiary/aromatic N) is 5. The number of primary amides is 2. The zero-order valence-electron chi connectivity index (χ0n) is 74.4. The minimum atomic E-state index is -1.87. The van der Waals surface area contributed by atoms with Crippen molar-refractivity contribution in [2.45, 2.75) is 221 Å². The molecule has 3 aliphatic rings. The first-order valence-electron chi connectivity index (χ1n) is 43.9. The number of unbranched alkanes of at least 4 members (excludes halogenated alkanes) is 2. The number of para-hydroxylation sites is 2. The second-order valence-electron chi connectivity index (χ2n) is 32.9. The van der Waals surface area contributed by atoms with E-state index in [1.54, 1.807) is 60.9 Å². The number of phenolic OH excluding ortho intramolecular Hbond substituents is 1. The largest absolute Gasteiger partial charge is 0.508 e. The second-order valence-corrected chi connectivity index (χ2v) is 33.9. The van der Waals surface area contributed by atoms with Crippen LogP contribution in [0, 0.1) is 5.41 Å². The molecule has 0 radical (unpaired) electrons. The first kappa shape index (κ1) is 103. The summed E-state index contributed by atoms with van der Waals surface area (Å²) in [4.78, 5) is 259. The number of amides is 17. The highest BCUT2D eigenvalue weighted by atomic mass is 32.2. The number of aromatic nitrogens is 2. The molecule has 0 spiro atoms. The number of nitrogens with two attached hydrogens (primary N) is 3. The van der Waals surface area contributed by atoms with Gasteiger partial charge in [-0.2, -0.15) is 0 Å². The fraction of sp³-hybridized carbons (Fsp3) is 0.540. The molecule has 3 saturated heterocycles. The van der Waals surface area contributed by atoms with Crippen LogP contribution in [0.25, 0.3) is 21.8 Å². The van der Waals surface area contributed by atoms with Crippen molar-refractivity contribution in [3.63, 3.8) is 0 Å². The lowest BCUT2D eigenvalue weighted by Gasteiger charge is -2.36. The number of aliphatic hydroxyl groups is 3. The lowest BCUT2D eigenvalue weighted by atomic mass is 10.00. The Morgan fingerprint density at radius 3 is 1.52 bits per heavy atom. The van der Waals surface area contributed by atoms with Gasteiger partial charge in [0.15, 0.2) is 5.96 Å². The lowest BCUT2D eigenvalue weighted by Crippen LogP contribution is -2.61. The molecule has 3 fully saturated rings.